The van der Waals surface area contributed by atoms with Crippen molar-refractivity contribution in [3.05, 3.63) is 448 Å². The second-order valence-corrected chi connectivity index (χ2v) is 32.9. The Kier molecular flexibility index (Phi) is 18.5. The first-order chi connectivity index (χ1) is 62.2. The van der Waals surface area contributed by atoms with Crippen molar-refractivity contribution in [1.82, 2.24) is 0 Å². The maximum atomic E-state index is 14.5. The minimum absolute atomic E-state index is 0.268. The molecule has 2 nitrogen and oxygen atoms in total. The van der Waals surface area contributed by atoms with Crippen LogP contribution in [0, 0.1) is 11.6 Å². The van der Waals surface area contributed by atoms with E-state index in [-0.39, 0.29) is 11.6 Å². The molecule has 0 aliphatic carbocycles. The van der Waals surface area contributed by atoms with Crippen LogP contribution < -0.4 is 9.47 Å². The second kappa shape index (κ2) is 31.1. The third kappa shape index (κ3) is 13.0. The number of fused-ring (bicyclic) bond motifs is 4. The molecule has 0 bridgehead atoms. The second-order valence-electron chi connectivity index (χ2n) is 32.9. The zero-order valence-electron chi connectivity index (χ0n) is 69.1. The van der Waals surface area contributed by atoms with Gasteiger partial charge in [-0.15, -0.1) is 0 Å². The molecule has 0 unspecified atom stereocenters. The van der Waals surface area contributed by atoms with Crippen molar-refractivity contribution >= 4 is 108 Å². The topological polar surface area (TPSA) is 18.5 Å². The highest BCUT2D eigenvalue weighted by Gasteiger charge is 2.26. The van der Waals surface area contributed by atoms with Gasteiger partial charge in [-0.05, 0) is 314 Å². The first-order valence-corrected chi connectivity index (χ1v) is 42.9. The molecule has 24 aromatic rings. The number of methoxy groups -OCH3 is 2. The summed E-state index contributed by atoms with van der Waals surface area (Å²) in [6.07, 6.45) is 0. The fourth-order valence-corrected chi connectivity index (χ4v) is 19.9. The van der Waals surface area contributed by atoms with E-state index in [1.165, 1.54) is 142 Å². The van der Waals surface area contributed by atoms with E-state index in [1.807, 2.05) is 24.3 Å². The van der Waals surface area contributed by atoms with Gasteiger partial charge in [-0.3, -0.25) is 0 Å². The Morgan fingerprint density at radius 2 is 0.302 bits per heavy atom. The molecule has 0 heterocycles. The Morgan fingerprint density at radius 1 is 0.143 bits per heavy atom. The average Bonchev–Trinajstić information content (AvgIpc) is 0.709. The normalized spacial score (nSPS) is 11.7. The summed E-state index contributed by atoms with van der Waals surface area (Å²) in [5.41, 5.74) is 27.4. The van der Waals surface area contributed by atoms with Gasteiger partial charge in [0, 0.05) is 0 Å². The Balaban J connectivity index is 0.000000145. The molecular formula is C122H78F2O2. The smallest absolute Gasteiger partial charge is 0.123 e. The first kappa shape index (κ1) is 74.9. The average molecular weight is 1610 g/mol. The first-order valence-electron chi connectivity index (χ1n) is 42.9. The van der Waals surface area contributed by atoms with Crippen LogP contribution >= 0.6 is 0 Å². The van der Waals surface area contributed by atoms with Gasteiger partial charge >= 0.3 is 0 Å². The maximum absolute atomic E-state index is 14.5. The molecule has 0 spiro atoms. The van der Waals surface area contributed by atoms with E-state index in [9.17, 15) is 8.78 Å². The van der Waals surface area contributed by atoms with Crippen LogP contribution in [-0.4, -0.2) is 14.2 Å². The van der Waals surface area contributed by atoms with Crippen molar-refractivity contribution < 1.29 is 18.3 Å². The van der Waals surface area contributed by atoms with Crippen molar-refractivity contribution in [3.8, 4) is 145 Å². The van der Waals surface area contributed by atoms with Gasteiger partial charge in [0.15, 0.2) is 0 Å². The Bertz CT molecular complexity index is 7830. The standard InChI is InChI=1S/C62H42O2.C60H36F2/c1-63-47-29-25-45(26-30-47)59-37-57(43-21-17-41(18-22-43)51-15-7-11-39-9-3-5-13-49(39)51)53-34-36-56-60(46-27-31-48(64-2)32-28-46)38-58(54-33-35-55(59)61(53)62(54)56)44-23-19-42(20-24-44)52-16-8-12-40-10-4-6-14-50(40)52;61-45-27-23-43(24-28-45)57-35-55(41-19-15-39(16-20-41)49-13-5-9-37-7-1-3-11-47(37)49)51-31-33-54-58(44-25-29-46(62)30-26-44)36-56(52-32-34-53(57)59(51)60(52)54)42-21-17-40(18-22-42)50-14-6-10-38-8-2-4-12-48(38)50/h3-38H,1-2H3;1-36H. The molecule has 24 aromatic carbocycles. The number of benzene rings is 24. The fraction of sp³-hybridized carbons (Fsp3) is 0.0164. The van der Waals surface area contributed by atoms with E-state index in [1.54, 1.807) is 38.5 Å². The van der Waals surface area contributed by atoms with Crippen molar-refractivity contribution in [2.24, 2.45) is 0 Å². The SMILES string of the molecule is COc1ccc(-c2cc(-c3ccc(-c4cccc5ccccc45)cc3)c3ccc4c(-c5ccc(OC)cc5)cc(-c5ccc(-c6cccc7ccccc67)cc5)c5ccc2c3c45)cc1.Fc1ccc(-c2cc(-c3ccc(-c4cccc5ccccc45)cc3)c3ccc4c(-c5ccc(F)cc5)cc(-c5ccc(-c6cccc7ccccc67)cc5)c5ccc2c3c45)cc1. The number of rotatable bonds is 14. The lowest BCUT2D eigenvalue weighted by molar-refractivity contribution is 0.415. The van der Waals surface area contributed by atoms with Crippen molar-refractivity contribution in [2.45, 2.75) is 0 Å². The lowest BCUT2D eigenvalue weighted by Crippen LogP contribution is -1.94. The monoisotopic (exact) mass is 1610 g/mol. The summed E-state index contributed by atoms with van der Waals surface area (Å²) >= 11 is 0. The molecule has 4 heteroatoms. The van der Waals surface area contributed by atoms with Gasteiger partial charge in [0.05, 0.1) is 14.2 Å². The van der Waals surface area contributed by atoms with Crippen LogP contribution in [0.4, 0.5) is 8.78 Å². The van der Waals surface area contributed by atoms with E-state index >= 15 is 0 Å². The van der Waals surface area contributed by atoms with Crippen LogP contribution in [0.15, 0.2) is 437 Å². The molecule has 24 rings (SSSR count). The minimum atomic E-state index is -0.268. The summed E-state index contributed by atoms with van der Waals surface area (Å²) in [5, 5.41) is 24.0. The molecule has 0 saturated heterocycles. The summed E-state index contributed by atoms with van der Waals surface area (Å²) in [6.45, 7) is 0. The summed E-state index contributed by atoms with van der Waals surface area (Å²) in [6, 6.07) is 155. The quantitative estimate of drug-likeness (QED) is 0.101. The highest BCUT2D eigenvalue weighted by Crippen LogP contribution is 2.53. The highest BCUT2D eigenvalue weighted by atomic mass is 19.1. The van der Waals surface area contributed by atoms with Gasteiger partial charge in [0.1, 0.15) is 23.1 Å². The third-order valence-corrected chi connectivity index (χ3v) is 26.1. The van der Waals surface area contributed by atoms with Gasteiger partial charge in [-0.25, -0.2) is 8.78 Å². The molecule has 0 fully saturated rings. The maximum Gasteiger partial charge on any atom is 0.123 e. The lowest BCUT2D eigenvalue weighted by atomic mass is 9.81. The summed E-state index contributed by atoms with van der Waals surface area (Å²) in [5.74, 6) is 1.14. The Labute approximate surface area is 728 Å². The number of halogens is 2. The molecule has 0 aromatic heterocycles. The Hall–Kier alpha value is -16.1. The van der Waals surface area contributed by atoms with Gasteiger partial charge in [-0.1, -0.05) is 364 Å². The summed E-state index contributed by atoms with van der Waals surface area (Å²) in [7, 11) is 3.45. The number of ether oxygens (including phenoxy) is 2. The predicted molar refractivity (Wildman–Crippen MR) is 529 cm³/mol. The van der Waals surface area contributed by atoms with Crippen molar-refractivity contribution in [2.75, 3.05) is 14.2 Å². The molecular weight excluding hydrogens is 1540 g/mol. The van der Waals surface area contributed by atoms with Crippen LogP contribution in [0.25, 0.3) is 241 Å². The summed E-state index contributed by atoms with van der Waals surface area (Å²) < 4.78 is 40.2. The lowest BCUT2D eigenvalue weighted by Gasteiger charge is -2.22. The molecule has 0 N–H and O–H groups in total. The zero-order chi connectivity index (χ0) is 84.0. The van der Waals surface area contributed by atoms with Crippen LogP contribution in [0.1, 0.15) is 0 Å². The number of hydrogen-bond donors (Lipinski definition) is 0. The van der Waals surface area contributed by atoms with Gasteiger partial charge in [0.2, 0.25) is 0 Å². The van der Waals surface area contributed by atoms with E-state index in [0.717, 1.165) is 111 Å². The zero-order valence-corrected chi connectivity index (χ0v) is 69.1. The molecule has 0 saturated carbocycles. The highest BCUT2D eigenvalue weighted by molar-refractivity contribution is 6.34. The van der Waals surface area contributed by atoms with E-state index in [2.05, 4.69) is 388 Å². The van der Waals surface area contributed by atoms with Gasteiger partial charge < -0.3 is 9.47 Å². The number of hydrogen-bond acceptors (Lipinski definition) is 2. The van der Waals surface area contributed by atoms with Crippen LogP contribution in [0.2, 0.25) is 0 Å². The molecule has 0 amide bonds. The third-order valence-electron chi connectivity index (χ3n) is 26.1. The Morgan fingerprint density at radius 3 is 0.492 bits per heavy atom. The van der Waals surface area contributed by atoms with Gasteiger partial charge in [-0.2, -0.15) is 0 Å². The predicted octanol–water partition coefficient (Wildman–Crippen LogP) is 34.1. The van der Waals surface area contributed by atoms with E-state index < -0.39 is 0 Å². The van der Waals surface area contributed by atoms with E-state index in [4.69, 9.17) is 9.47 Å². The minimum Gasteiger partial charge on any atom is -0.497 e. The molecule has 126 heavy (non-hydrogen) atoms. The van der Waals surface area contributed by atoms with Gasteiger partial charge in [0.25, 0.3) is 0 Å². The van der Waals surface area contributed by atoms with Crippen LogP contribution in [0.3, 0.4) is 0 Å². The van der Waals surface area contributed by atoms with E-state index in [0.29, 0.717) is 0 Å². The van der Waals surface area contributed by atoms with Crippen molar-refractivity contribution in [1.29, 1.82) is 0 Å². The molecule has 0 atom stereocenters. The molecule has 0 aliphatic heterocycles. The fourth-order valence-electron chi connectivity index (χ4n) is 19.9. The largest absolute Gasteiger partial charge is 0.497 e. The molecule has 0 aliphatic rings. The van der Waals surface area contributed by atoms with Crippen LogP contribution in [0.5, 0.6) is 11.5 Å². The summed E-state index contributed by atoms with van der Waals surface area (Å²) in [4.78, 5) is 0. The molecule has 592 valence electrons. The molecule has 0 radical (unpaired) electrons. The van der Waals surface area contributed by atoms with Crippen molar-refractivity contribution in [3.63, 3.8) is 0 Å². The van der Waals surface area contributed by atoms with Crippen LogP contribution in [-0.2, 0) is 0 Å².